The van der Waals surface area contributed by atoms with Crippen LogP contribution in [0.2, 0.25) is 0 Å². The van der Waals surface area contributed by atoms with Crippen LogP contribution in [0.25, 0.3) is 0 Å². The Bertz CT molecular complexity index is 752. The molecule has 4 nitrogen and oxygen atoms in total. The fourth-order valence-corrected chi connectivity index (χ4v) is 2.53. The third-order valence-electron chi connectivity index (χ3n) is 4.17. The number of hydrogen-bond acceptors (Lipinski definition) is 2. The zero-order valence-electron chi connectivity index (χ0n) is 15.0. The van der Waals surface area contributed by atoms with E-state index in [-0.39, 0.29) is 18.1 Å². The molecule has 134 valence electrons. The highest BCUT2D eigenvalue weighted by Gasteiger charge is 2.21. The molecule has 0 bridgehead atoms. The Morgan fingerprint density at radius 3 is 2.32 bits per heavy atom. The average Bonchev–Trinajstić information content (AvgIpc) is 2.53. The minimum Gasteiger partial charge on any atom is -0.370 e. The molecule has 0 heterocycles. The van der Waals surface area contributed by atoms with Crippen molar-refractivity contribution in [2.75, 3.05) is 26.0 Å². The minimum absolute atomic E-state index is 0.00442. The molecule has 0 aliphatic carbocycles. The molecule has 2 aromatic carbocycles. The number of halogens is 2. The maximum absolute atomic E-state index is 14.1. The summed E-state index contributed by atoms with van der Waals surface area (Å²) in [5.74, 6) is -0.976. The van der Waals surface area contributed by atoms with Gasteiger partial charge in [-0.3, -0.25) is 4.99 Å². The largest absolute Gasteiger partial charge is 0.370 e. The Labute approximate surface area is 147 Å². The molecule has 1 unspecified atom stereocenters. The van der Waals surface area contributed by atoms with Gasteiger partial charge in [-0.25, -0.2) is 8.78 Å². The summed E-state index contributed by atoms with van der Waals surface area (Å²) in [6, 6.07) is 9.15. The van der Waals surface area contributed by atoms with Crippen molar-refractivity contribution >= 4 is 11.6 Å². The first-order valence-corrected chi connectivity index (χ1v) is 8.04. The van der Waals surface area contributed by atoms with Crippen LogP contribution in [0.3, 0.4) is 0 Å². The van der Waals surface area contributed by atoms with E-state index >= 15 is 0 Å². The Balaban J connectivity index is 2.17. The lowest BCUT2D eigenvalue weighted by Gasteiger charge is -2.24. The summed E-state index contributed by atoms with van der Waals surface area (Å²) in [4.78, 5) is 5.98. The van der Waals surface area contributed by atoms with Gasteiger partial charge in [0.05, 0.1) is 12.6 Å². The van der Waals surface area contributed by atoms with Crippen LogP contribution in [0.5, 0.6) is 0 Å². The first kappa shape index (κ1) is 18.9. The molecule has 0 spiro atoms. The number of guanidine groups is 1. The standard InChI is InChI=1S/C19H24F2N4/c1-12-8-9-14(10-13(12)2)24-19(22)23-11-17(25(3)4)18-15(20)6-5-7-16(18)21/h5-10,17H,11H2,1-4H3,(H3,22,23,24). The maximum Gasteiger partial charge on any atom is 0.193 e. The Morgan fingerprint density at radius 2 is 1.76 bits per heavy atom. The number of nitrogens with one attached hydrogen (secondary N) is 1. The van der Waals surface area contributed by atoms with Crippen LogP contribution in [0.15, 0.2) is 41.4 Å². The second kappa shape index (κ2) is 8.07. The molecule has 2 rings (SSSR count). The molecule has 1 atom stereocenters. The molecule has 0 aromatic heterocycles. The molecule has 0 amide bonds. The molecule has 3 N–H and O–H groups in total. The molecule has 0 saturated heterocycles. The van der Waals surface area contributed by atoms with Crippen LogP contribution in [-0.4, -0.2) is 31.5 Å². The molecule has 0 saturated carbocycles. The highest BCUT2D eigenvalue weighted by molar-refractivity contribution is 5.92. The van der Waals surface area contributed by atoms with E-state index in [1.165, 1.54) is 23.8 Å². The van der Waals surface area contributed by atoms with Crippen LogP contribution in [-0.2, 0) is 0 Å². The summed E-state index contributed by atoms with van der Waals surface area (Å²) in [7, 11) is 3.50. The topological polar surface area (TPSA) is 53.6 Å². The van der Waals surface area contributed by atoms with E-state index < -0.39 is 17.7 Å². The van der Waals surface area contributed by atoms with Crippen LogP contribution >= 0.6 is 0 Å². The first-order valence-electron chi connectivity index (χ1n) is 8.04. The predicted octanol–water partition coefficient (Wildman–Crippen LogP) is 3.61. The third kappa shape index (κ3) is 4.76. The Morgan fingerprint density at radius 1 is 1.12 bits per heavy atom. The van der Waals surface area contributed by atoms with Crippen LogP contribution in [0, 0.1) is 25.5 Å². The number of likely N-dealkylation sites (N-methyl/N-ethyl adjacent to an activating group) is 1. The van der Waals surface area contributed by atoms with Crippen molar-refractivity contribution in [1.29, 1.82) is 0 Å². The molecule has 0 radical (unpaired) electrons. The van der Waals surface area contributed by atoms with E-state index in [4.69, 9.17) is 5.73 Å². The second-order valence-corrected chi connectivity index (χ2v) is 6.26. The zero-order valence-corrected chi connectivity index (χ0v) is 15.0. The lowest BCUT2D eigenvalue weighted by molar-refractivity contribution is 0.290. The van der Waals surface area contributed by atoms with E-state index in [0.717, 1.165) is 11.3 Å². The Kier molecular flexibility index (Phi) is 6.09. The fraction of sp³-hybridized carbons (Fsp3) is 0.316. The van der Waals surface area contributed by atoms with Gasteiger partial charge < -0.3 is 16.0 Å². The second-order valence-electron chi connectivity index (χ2n) is 6.26. The number of nitrogens with two attached hydrogens (primary N) is 1. The van der Waals surface area contributed by atoms with Gasteiger partial charge in [-0.15, -0.1) is 0 Å². The lowest BCUT2D eigenvalue weighted by atomic mass is 10.0. The number of anilines is 1. The first-order chi connectivity index (χ1) is 11.8. The third-order valence-corrected chi connectivity index (χ3v) is 4.17. The van der Waals surface area contributed by atoms with Crippen molar-refractivity contribution in [2.24, 2.45) is 10.7 Å². The van der Waals surface area contributed by atoms with Crippen molar-refractivity contribution in [3.8, 4) is 0 Å². The van der Waals surface area contributed by atoms with Crippen molar-refractivity contribution in [2.45, 2.75) is 19.9 Å². The zero-order chi connectivity index (χ0) is 18.6. The number of rotatable bonds is 5. The van der Waals surface area contributed by atoms with Gasteiger partial charge in [0.1, 0.15) is 11.6 Å². The number of hydrogen-bond donors (Lipinski definition) is 2. The Hall–Kier alpha value is -2.47. The van der Waals surface area contributed by atoms with Gasteiger partial charge in [0, 0.05) is 11.3 Å². The van der Waals surface area contributed by atoms with Gasteiger partial charge in [0.15, 0.2) is 5.96 Å². The van der Waals surface area contributed by atoms with Crippen molar-refractivity contribution in [3.63, 3.8) is 0 Å². The van der Waals surface area contributed by atoms with Crippen LogP contribution in [0.4, 0.5) is 14.5 Å². The van der Waals surface area contributed by atoms with Crippen molar-refractivity contribution in [3.05, 3.63) is 64.7 Å². The maximum atomic E-state index is 14.1. The summed E-state index contributed by atoms with van der Waals surface area (Å²) in [5.41, 5.74) is 9.07. The molecular weight excluding hydrogens is 322 g/mol. The van der Waals surface area contributed by atoms with Gasteiger partial charge in [-0.1, -0.05) is 12.1 Å². The van der Waals surface area contributed by atoms with Crippen molar-refractivity contribution in [1.82, 2.24) is 4.90 Å². The molecule has 2 aromatic rings. The van der Waals surface area contributed by atoms with Crippen LogP contribution < -0.4 is 11.1 Å². The molecule has 0 aliphatic rings. The van der Waals surface area contributed by atoms with E-state index in [2.05, 4.69) is 10.3 Å². The normalized spacial score (nSPS) is 13.2. The number of nitrogens with zero attached hydrogens (tertiary/aromatic N) is 2. The highest BCUT2D eigenvalue weighted by Crippen LogP contribution is 2.24. The average molecular weight is 346 g/mol. The monoisotopic (exact) mass is 346 g/mol. The van der Waals surface area contributed by atoms with Gasteiger partial charge in [0.2, 0.25) is 0 Å². The predicted molar refractivity (Wildman–Crippen MR) is 98.8 cm³/mol. The number of aryl methyl sites for hydroxylation is 2. The van der Waals surface area contributed by atoms with Crippen molar-refractivity contribution < 1.29 is 8.78 Å². The lowest BCUT2D eigenvalue weighted by Crippen LogP contribution is -2.28. The van der Waals surface area contributed by atoms with Gasteiger partial charge in [-0.2, -0.15) is 0 Å². The van der Waals surface area contributed by atoms with Crippen LogP contribution in [0.1, 0.15) is 22.7 Å². The summed E-state index contributed by atoms with van der Waals surface area (Å²) < 4.78 is 28.1. The summed E-state index contributed by atoms with van der Waals surface area (Å²) >= 11 is 0. The molecule has 0 aliphatic heterocycles. The molecule has 25 heavy (non-hydrogen) atoms. The number of benzene rings is 2. The van der Waals surface area contributed by atoms with Gasteiger partial charge in [-0.05, 0) is 63.3 Å². The fourth-order valence-electron chi connectivity index (χ4n) is 2.53. The van der Waals surface area contributed by atoms with Gasteiger partial charge in [0.25, 0.3) is 0 Å². The quantitative estimate of drug-likeness (QED) is 0.642. The van der Waals surface area contributed by atoms with E-state index in [0.29, 0.717) is 0 Å². The van der Waals surface area contributed by atoms with E-state index in [1.807, 2.05) is 32.0 Å². The van der Waals surface area contributed by atoms with E-state index in [1.54, 1.807) is 19.0 Å². The summed E-state index contributed by atoms with van der Waals surface area (Å²) in [5, 5.41) is 3.01. The highest BCUT2D eigenvalue weighted by atomic mass is 19.1. The van der Waals surface area contributed by atoms with Gasteiger partial charge >= 0.3 is 0 Å². The van der Waals surface area contributed by atoms with E-state index in [9.17, 15) is 8.78 Å². The summed E-state index contributed by atoms with van der Waals surface area (Å²) in [6.45, 7) is 4.17. The summed E-state index contributed by atoms with van der Waals surface area (Å²) in [6.07, 6.45) is 0. The molecule has 0 fully saturated rings. The number of aliphatic imine (C=N–C) groups is 1. The molecule has 6 heteroatoms. The SMILES string of the molecule is Cc1ccc(NC(N)=NCC(c2c(F)cccc2F)N(C)C)cc1C. The smallest absolute Gasteiger partial charge is 0.193 e. The minimum atomic E-state index is -0.588. The molecular formula is C19H24F2N4.